The first-order valence-electron chi connectivity index (χ1n) is 6.96. The van der Waals surface area contributed by atoms with Crippen LogP contribution >= 0.6 is 11.6 Å². The van der Waals surface area contributed by atoms with Gasteiger partial charge >= 0.3 is 0 Å². The van der Waals surface area contributed by atoms with Crippen LogP contribution in [0.5, 0.6) is 0 Å². The van der Waals surface area contributed by atoms with Gasteiger partial charge in [-0.2, -0.15) is 0 Å². The number of rotatable bonds is 4. The summed E-state index contributed by atoms with van der Waals surface area (Å²) in [5.74, 6) is 5.65. The first kappa shape index (κ1) is 15.1. The van der Waals surface area contributed by atoms with Gasteiger partial charge in [0.25, 0.3) is 5.91 Å². The SMILES string of the molecule is CCC1(CC)CCN(C(=O)c2cnc(NN)c(Cl)c2)C1. The number of hydrogen-bond acceptors (Lipinski definition) is 4. The summed E-state index contributed by atoms with van der Waals surface area (Å²) in [7, 11) is 0. The molecule has 0 saturated carbocycles. The Hall–Kier alpha value is -1.33. The molecule has 0 radical (unpaired) electrons. The Morgan fingerprint density at radius 3 is 2.75 bits per heavy atom. The van der Waals surface area contributed by atoms with Crippen molar-refractivity contribution in [2.45, 2.75) is 33.1 Å². The molecule has 110 valence electrons. The molecule has 5 nitrogen and oxygen atoms in total. The molecule has 0 aliphatic carbocycles. The van der Waals surface area contributed by atoms with E-state index in [2.05, 4.69) is 24.3 Å². The van der Waals surface area contributed by atoms with Crippen LogP contribution in [0.2, 0.25) is 5.02 Å². The van der Waals surface area contributed by atoms with Crippen molar-refractivity contribution in [3.8, 4) is 0 Å². The van der Waals surface area contributed by atoms with Crippen molar-refractivity contribution >= 4 is 23.3 Å². The molecule has 3 N–H and O–H groups in total. The number of hydrazine groups is 1. The summed E-state index contributed by atoms with van der Waals surface area (Å²) in [5, 5.41) is 0.356. The highest BCUT2D eigenvalue weighted by Crippen LogP contribution is 2.37. The minimum Gasteiger partial charge on any atom is -0.338 e. The number of likely N-dealkylation sites (tertiary alicyclic amines) is 1. The van der Waals surface area contributed by atoms with Crippen LogP contribution in [0, 0.1) is 5.41 Å². The van der Waals surface area contributed by atoms with E-state index < -0.39 is 0 Å². The van der Waals surface area contributed by atoms with Gasteiger partial charge < -0.3 is 10.3 Å². The maximum absolute atomic E-state index is 12.5. The largest absolute Gasteiger partial charge is 0.338 e. The minimum atomic E-state index is -0.00764. The molecule has 2 heterocycles. The van der Waals surface area contributed by atoms with Crippen molar-refractivity contribution in [2.24, 2.45) is 11.3 Å². The number of amides is 1. The van der Waals surface area contributed by atoms with Crippen molar-refractivity contribution < 1.29 is 4.79 Å². The van der Waals surface area contributed by atoms with E-state index >= 15 is 0 Å². The molecule has 0 spiro atoms. The quantitative estimate of drug-likeness (QED) is 0.662. The molecular weight excluding hydrogens is 276 g/mol. The highest BCUT2D eigenvalue weighted by Gasteiger charge is 2.37. The van der Waals surface area contributed by atoms with Crippen LogP contribution in [0.3, 0.4) is 0 Å². The maximum atomic E-state index is 12.5. The molecule has 0 unspecified atom stereocenters. The molecule has 1 aliphatic rings. The standard InChI is InChI=1S/C14H21ClN4O/c1-3-14(4-2)5-6-19(9-14)13(20)10-7-11(15)12(18-16)17-8-10/h7-8H,3-6,9,16H2,1-2H3,(H,17,18). The maximum Gasteiger partial charge on any atom is 0.255 e. The van der Waals surface area contributed by atoms with Crippen molar-refractivity contribution in [3.63, 3.8) is 0 Å². The fourth-order valence-corrected chi connectivity index (χ4v) is 3.00. The fraction of sp³-hybridized carbons (Fsp3) is 0.571. The number of nitrogens with zero attached hydrogens (tertiary/aromatic N) is 2. The first-order valence-corrected chi connectivity index (χ1v) is 7.34. The Balaban J connectivity index is 2.15. The van der Waals surface area contributed by atoms with E-state index in [9.17, 15) is 4.79 Å². The van der Waals surface area contributed by atoms with Crippen molar-refractivity contribution in [2.75, 3.05) is 18.5 Å². The second kappa shape index (κ2) is 5.97. The summed E-state index contributed by atoms with van der Waals surface area (Å²) in [6, 6.07) is 1.62. The molecule has 1 fully saturated rings. The molecule has 0 atom stereocenters. The zero-order chi connectivity index (χ0) is 14.8. The van der Waals surface area contributed by atoms with Crippen LogP contribution in [0.4, 0.5) is 5.82 Å². The second-order valence-electron chi connectivity index (χ2n) is 5.38. The van der Waals surface area contributed by atoms with Crippen LogP contribution in [0.15, 0.2) is 12.3 Å². The van der Waals surface area contributed by atoms with Gasteiger partial charge in [-0.05, 0) is 30.7 Å². The van der Waals surface area contributed by atoms with E-state index in [1.165, 1.54) is 6.20 Å². The number of carbonyl (C=O) groups is 1. The highest BCUT2D eigenvalue weighted by atomic mass is 35.5. The number of nitrogen functional groups attached to an aromatic ring is 1. The summed E-state index contributed by atoms with van der Waals surface area (Å²) in [5.41, 5.74) is 3.17. The van der Waals surface area contributed by atoms with Crippen LogP contribution in [0.25, 0.3) is 0 Å². The summed E-state index contributed by atoms with van der Waals surface area (Å²) in [4.78, 5) is 18.4. The van der Waals surface area contributed by atoms with E-state index in [0.29, 0.717) is 16.4 Å². The van der Waals surface area contributed by atoms with Gasteiger partial charge in [-0.1, -0.05) is 25.4 Å². The zero-order valence-corrected chi connectivity index (χ0v) is 12.7. The average Bonchev–Trinajstić information content (AvgIpc) is 2.91. The van der Waals surface area contributed by atoms with Crippen LogP contribution in [0.1, 0.15) is 43.5 Å². The van der Waals surface area contributed by atoms with Crippen molar-refractivity contribution in [1.82, 2.24) is 9.88 Å². The summed E-state index contributed by atoms with van der Waals surface area (Å²) in [6.07, 6.45) is 4.78. The summed E-state index contributed by atoms with van der Waals surface area (Å²) >= 11 is 6.02. The molecule has 1 aromatic rings. The Morgan fingerprint density at radius 2 is 2.25 bits per heavy atom. The minimum absolute atomic E-state index is 0.00764. The average molecular weight is 297 g/mol. The predicted octanol–water partition coefficient (Wildman–Crippen LogP) is 2.67. The van der Waals surface area contributed by atoms with Crippen molar-refractivity contribution in [3.05, 3.63) is 22.8 Å². The Morgan fingerprint density at radius 1 is 1.55 bits per heavy atom. The highest BCUT2D eigenvalue weighted by molar-refractivity contribution is 6.33. The molecular formula is C14H21ClN4O. The third kappa shape index (κ3) is 2.74. The van der Waals surface area contributed by atoms with Gasteiger partial charge in [0.05, 0.1) is 10.6 Å². The van der Waals surface area contributed by atoms with Gasteiger partial charge in [0.2, 0.25) is 0 Å². The fourth-order valence-electron chi connectivity index (χ4n) is 2.78. The molecule has 6 heteroatoms. The number of pyridine rings is 1. The van der Waals surface area contributed by atoms with E-state index in [1.54, 1.807) is 6.07 Å². The molecule has 1 saturated heterocycles. The summed E-state index contributed by atoms with van der Waals surface area (Å²) < 4.78 is 0. The number of halogens is 1. The van der Waals surface area contributed by atoms with Crippen LogP contribution < -0.4 is 11.3 Å². The Kier molecular flexibility index (Phi) is 4.50. The Bertz CT molecular complexity index is 502. The smallest absolute Gasteiger partial charge is 0.255 e. The van der Waals surface area contributed by atoms with E-state index in [0.717, 1.165) is 32.4 Å². The van der Waals surface area contributed by atoms with E-state index in [-0.39, 0.29) is 11.3 Å². The van der Waals surface area contributed by atoms with Crippen LogP contribution in [-0.4, -0.2) is 28.9 Å². The molecule has 0 aromatic carbocycles. The monoisotopic (exact) mass is 296 g/mol. The lowest BCUT2D eigenvalue weighted by Gasteiger charge is -2.26. The topological polar surface area (TPSA) is 71.2 Å². The molecule has 0 bridgehead atoms. The van der Waals surface area contributed by atoms with E-state index in [1.807, 2.05) is 4.90 Å². The van der Waals surface area contributed by atoms with Gasteiger partial charge in [-0.15, -0.1) is 0 Å². The molecule has 1 aromatic heterocycles. The first-order chi connectivity index (χ1) is 9.55. The Labute approximate surface area is 124 Å². The number of aromatic nitrogens is 1. The van der Waals surface area contributed by atoms with Crippen molar-refractivity contribution in [1.29, 1.82) is 0 Å². The molecule has 1 aliphatic heterocycles. The third-order valence-corrected chi connectivity index (χ3v) is 4.74. The molecule has 1 amide bonds. The van der Waals surface area contributed by atoms with Gasteiger partial charge in [0, 0.05) is 19.3 Å². The zero-order valence-electron chi connectivity index (χ0n) is 11.9. The number of anilines is 1. The van der Waals surface area contributed by atoms with Gasteiger partial charge in [-0.25, -0.2) is 10.8 Å². The lowest BCUT2D eigenvalue weighted by molar-refractivity contribution is 0.0769. The van der Waals surface area contributed by atoms with Gasteiger partial charge in [-0.3, -0.25) is 4.79 Å². The van der Waals surface area contributed by atoms with Gasteiger partial charge in [0.15, 0.2) is 5.82 Å². The number of carbonyl (C=O) groups excluding carboxylic acids is 1. The molecule has 2 rings (SSSR count). The normalized spacial score (nSPS) is 17.3. The number of nitrogens with one attached hydrogen (secondary N) is 1. The van der Waals surface area contributed by atoms with E-state index in [4.69, 9.17) is 17.4 Å². The van der Waals surface area contributed by atoms with Gasteiger partial charge in [0.1, 0.15) is 0 Å². The number of nitrogens with two attached hydrogens (primary N) is 1. The third-order valence-electron chi connectivity index (χ3n) is 4.45. The second-order valence-corrected chi connectivity index (χ2v) is 5.79. The number of hydrogen-bond donors (Lipinski definition) is 2. The predicted molar refractivity (Wildman–Crippen MR) is 80.6 cm³/mol. The lowest BCUT2D eigenvalue weighted by Crippen LogP contribution is -2.31. The van der Waals surface area contributed by atoms with Crippen LogP contribution in [-0.2, 0) is 0 Å². The molecule has 20 heavy (non-hydrogen) atoms. The lowest BCUT2D eigenvalue weighted by atomic mass is 9.82. The summed E-state index contributed by atoms with van der Waals surface area (Å²) in [6.45, 7) is 6.00.